The monoisotopic (exact) mass is 309 g/mol. The number of nitrogens with zero attached hydrogens (tertiary/aromatic N) is 2. The molecular formula is C9H7BrF3N3O. The number of hydrogen-bond acceptors (Lipinski definition) is 4. The quantitative estimate of drug-likeness (QED) is 0.511. The Morgan fingerprint density at radius 1 is 1.29 bits per heavy atom. The van der Waals surface area contributed by atoms with Crippen LogP contribution in [-0.4, -0.2) is 17.6 Å². The van der Waals surface area contributed by atoms with E-state index in [1.165, 1.54) is 12.1 Å². The molecule has 0 spiro atoms. The zero-order chi connectivity index (χ0) is 12.9. The van der Waals surface area contributed by atoms with Crippen LogP contribution in [0.1, 0.15) is 5.56 Å². The van der Waals surface area contributed by atoms with Gasteiger partial charge in [-0.05, 0) is 18.2 Å². The highest BCUT2D eigenvalue weighted by atomic mass is 79.9. The Bertz CT molecular complexity index is 446. The molecule has 2 N–H and O–H groups in total. The minimum absolute atomic E-state index is 0.200. The van der Waals surface area contributed by atoms with Crippen LogP contribution < -0.4 is 5.43 Å². The van der Waals surface area contributed by atoms with Crippen LogP contribution in [-0.2, 0) is 6.18 Å². The summed E-state index contributed by atoms with van der Waals surface area (Å²) in [6.45, 7) is 0. The maximum atomic E-state index is 12.6. The summed E-state index contributed by atoms with van der Waals surface area (Å²) in [4.78, 5) is 0. The Balaban J connectivity index is 3.00. The fourth-order valence-corrected chi connectivity index (χ4v) is 1.39. The van der Waals surface area contributed by atoms with Crippen molar-refractivity contribution in [3.8, 4) is 0 Å². The van der Waals surface area contributed by atoms with Gasteiger partial charge in [0, 0.05) is 4.47 Å². The molecule has 0 aliphatic heterocycles. The lowest BCUT2D eigenvalue weighted by Gasteiger charge is -2.12. The van der Waals surface area contributed by atoms with Crippen LogP contribution in [0.4, 0.5) is 18.9 Å². The van der Waals surface area contributed by atoms with Crippen LogP contribution in [0.15, 0.2) is 32.9 Å². The molecular weight excluding hydrogens is 303 g/mol. The molecule has 1 rings (SSSR count). The number of halogens is 4. The van der Waals surface area contributed by atoms with Gasteiger partial charge in [-0.3, -0.25) is 5.43 Å². The molecule has 0 saturated carbocycles. The summed E-state index contributed by atoms with van der Waals surface area (Å²) < 4.78 is 38.2. The fraction of sp³-hybridized carbons (Fsp3) is 0.111. The van der Waals surface area contributed by atoms with Crippen molar-refractivity contribution < 1.29 is 18.4 Å². The topological polar surface area (TPSA) is 57.0 Å². The van der Waals surface area contributed by atoms with E-state index in [1.54, 1.807) is 0 Å². The summed E-state index contributed by atoms with van der Waals surface area (Å²) in [7, 11) is 0. The molecule has 0 aromatic heterocycles. The van der Waals surface area contributed by atoms with E-state index in [1.807, 2.05) is 0 Å². The SMILES string of the molecule is O/N=C\C=N\Nc1cc(Br)ccc1C(F)(F)F. The van der Waals surface area contributed by atoms with E-state index in [4.69, 9.17) is 5.21 Å². The van der Waals surface area contributed by atoms with Gasteiger partial charge in [-0.15, -0.1) is 0 Å². The zero-order valence-corrected chi connectivity index (χ0v) is 9.83. The van der Waals surface area contributed by atoms with Crippen molar-refractivity contribution in [2.45, 2.75) is 6.18 Å². The molecule has 0 unspecified atom stereocenters. The van der Waals surface area contributed by atoms with Crippen LogP contribution in [0.3, 0.4) is 0 Å². The largest absolute Gasteiger partial charge is 0.418 e. The number of rotatable bonds is 3. The second-order valence-electron chi connectivity index (χ2n) is 2.84. The number of anilines is 1. The van der Waals surface area contributed by atoms with Crippen molar-refractivity contribution in [3.05, 3.63) is 28.2 Å². The van der Waals surface area contributed by atoms with Crippen LogP contribution in [0.2, 0.25) is 0 Å². The van der Waals surface area contributed by atoms with Crippen LogP contribution >= 0.6 is 15.9 Å². The number of benzene rings is 1. The summed E-state index contributed by atoms with van der Waals surface area (Å²) in [6, 6.07) is 3.46. The molecule has 0 fully saturated rings. The summed E-state index contributed by atoms with van der Waals surface area (Å²) in [5, 5.41) is 14.1. The predicted octanol–water partition coefficient (Wildman–Crippen LogP) is 3.33. The van der Waals surface area contributed by atoms with E-state index in [2.05, 4.69) is 31.6 Å². The summed E-state index contributed by atoms with van der Waals surface area (Å²) in [5.41, 5.74) is 1.18. The van der Waals surface area contributed by atoms with Crippen molar-refractivity contribution in [2.75, 3.05) is 5.43 Å². The van der Waals surface area contributed by atoms with Crippen LogP contribution in [0.25, 0.3) is 0 Å². The highest BCUT2D eigenvalue weighted by Gasteiger charge is 2.33. The van der Waals surface area contributed by atoms with Crippen molar-refractivity contribution >= 4 is 34.0 Å². The van der Waals surface area contributed by atoms with Gasteiger partial charge in [0.05, 0.1) is 23.7 Å². The van der Waals surface area contributed by atoms with Crippen molar-refractivity contribution in [3.63, 3.8) is 0 Å². The number of alkyl halides is 3. The third-order valence-corrected chi connectivity index (χ3v) is 2.17. The van der Waals surface area contributed by atoms with Gasteiger partial charge >= 0.3 is 6.18 Å². The van der Waals surface area contributed by atoms with Crippen LogP contribution in [0.5, 0.6) is 0 Å². The molecule has 92 valence electrons. The standard InChI is InChI=1S/C9H7BrF3N3O/c10-6-1-2-7(9(11,12)13)8(5-6)16-14-3-4-15-17/h1-5,16-17H/b14-3+,15-4-. The number of nitrogens with one attached hydrogen (secondary N) is 1. The van der Waals surface area contributed by atoms with E-state index in [0.29, 0.717) is 4.47 Å². The maximum Gasteiger partial charge on any atom is 0.418 e. The first-order valence-electron chi connectivity index (χ1n) is 4.27. The Labute approximate surface area is 103 Å². The molecule has 0 atom stereocenters. The minimum atomic E-state index is -4.47. The first-order chi connectivity index (χ1) is 7.95. The lowest BCUT2D eigenvalue weighted by atomic mass is 10.2. The normalized spacial score (nSPS) is 12.5. The van der Waals surface area contributed by atoms with E-state index < -0.39 is 11.7 Å². The molecule has 0 radical (unpaired) electrons. The molecule has 8 heteroatoms. The summed E-state index contributed by atoms with van der Waals surface area (Å²) in [6.07, 6.45) is -2.54. The van der Waals surface area contributed by atoms with Gasteiger partial charge in [-0.1, -0.05) is 21.1 Å². The zero-order valence-electron chi connectivity index (χ0n) is 8.24. The van der Waals surface area contributed by atoms with Gasteiger partial charge in [0.1, 0.15) is 0 Å². The van der Waals surface area contributed by atoms with E-state index in [9.17, 15) is 13.2 Å². The minimum Gasteiger partial charge on any atom is -0.411 e. The van der Waals surface area contributed by atoms with Gasteiger partial charge in [0.15, 0.2) is 0 Å². The third-order valence-electron chi connectivity index (χ3n) is 1.68. The van der Waals surface area contributed by atoms with Crippen molar-refractivity contribution in [1.82, 2.24) is 0 Å². The summed E-state index contributed by atoms with van der Waals surface area (Å²) in [5.74, 6) is 0. The third kappa shape index (κ3) is 4.06. The Kier molecular flexibility index (Phi) is 4.50. The van der Waals surface area contributed by atoms with Crippen LogP contribution in [0, 0.1) is 0 Å². The average molecular weight is 310 g/mol. The lowest BCUT2D eigenvalue weighted by Crippen LogP contribution is -2.08. The van der Waals surface area contributed by atoms with Gasteiger partial charge in [0.25, 0.3) is 0 Å². The van der Waals surface area contributed by atoms with E-state index in [-0.39, 0.29) is 5.69 Å². The Morgan fingerprint density at radius 3 is 2.59 bits per heavy atom. The summed E-state index contributed by atoms with van der Waals surface area (Å²) >= 11 is 3.06. The molecule has 0 heterocycles. The fourth-order valence-electron chi connectivity index (χ4n) is 1.03. The van der Waals surface area contributed by atoms with Gasteiger partial charge < -0.3 is 5.21 Å². The van der Waals surface area contributed by atoms with Gasteiger partial charge in [0.2, 0.25) is 0 Å². The average Bonchev–Trinajstić information content (AvgIpc) is 2.23. The van der Waals surface area contributed by atoms with Crippen molar-refractivity contribution in [2.24, 2.45) is 10.3 Å². The van der Waals surface area contributed by atoms with Gasteiger partial charge in [-0.25, -0.2) is 0 Å². The molecule has 17 heavy (non-hydrogen) atoms. The highest BCUT2D eigenvalue weighted by molar-refractivity contribution is 9.10. The molecule has 1 aromatic rings. The first-order valence-corrected chi connectivity index (χ1v) is 5.06. The Morgan fingerprint density at radius 2 is 2.00 bits per heavy atom. The second-order valence-corrected chi connectivity index (χ2v) is 3.76. The lowest BCUT2D eigenvalue weighted by molar-refractivity contribution is -0.137. The molecule has 1 aromatic carbocycles. The molecule has 0 amide bonds. The second kappa shape index (κ2) is 5.67. The predicted molar refractivity (Wildman–Crippen MR) is 61.5 cm³/mol. The van der Waals surface area contributed by atoms with E-state index in [0.717, 1.165) is 18.5 Å². The van der Waals surface area contributed by atoms with Crippen molar-refractivity contribution in [1.29, 1.82) is 0 Å². The number of hydrogen-bond donors (Lipinski definition) is 2. The Hall–Kier alpha value is -1.57. The maximum absolute atomic E-state index is 12.6. The van der Waals surface area contributed by atoms with E-state index >= 15 is 0 Å². The molecule has 0 bridgehead atoms. The highest BCUT2D eigenvalue weighted by Crippen LogP contribution is 2.36. The van der Waals surface area contributed by atoms with Gasteiger partial charge in [-0.2, -0.15) is 18.3 Å². The molecule has 0 aliphatic carbocycles. The molecule has 4 nitrogen and oxygen atoms in total. The smallest absolute Gasteiger partial charge is 0.411 e. The number of oxime groups is 1. The number of hydrazone groups is 1. The molecule has 0 aliphatic rings. The first kappa shape index (κ1) is 13.5. The molecule has 0 saturated heterocycles.